The summed E-state index contributed by atoms with van der Waals surface area (Å²) >= 11 is 0. The minimum absolute atomic E-state index is 0.220. The summed E-state index contributed by atoms with van der Waals surface area (Å²) in [6.45, 7) is 0. The molecule has 1 aromatic rings. The van der Waals surface area contributed by atoms with Gasteiger partial charge in [-0.25, -0.2) is 0 Å². The van der Waals surface area contributed by atoms with Gasteiger partial charge < -0.3 is 14.6 Å². The van der Waals surface area contributed by atoms with Crippen LogP contribution in [0.4, 0.5) is 0 Å². The number of hydrogen-bond acceptors (Lipinski definition) is 3. The van der Waals surface area contributed by atoms with Crippen LogP contribution in [-0.2, 0) is 4.79 Å². The van der Waals surface area contributed by atoms with E-state index in [1.54, 1.807) is 7.11 Å². The summed E-state index contributed by atoms with van der Waals surface area (Å²) in [7, 11) is 1.60. The molecule has 0 aromatic heterocycles. The highest BCUT2D eigenvalue weighted by molar-refractivity contribution is 5.74. The first-order chi connectivity index (χ1) is 8.72. The predicted octanol–water partition coefficient (Wildman–Crippen LogP) is 2.11. The molecular formula is C15H19O3-. The van der Waals surface area contributed by atoms with Crippen LogP contribution < -0.4 is 9.84 Å². The Bertz CT molecular complexity index is 391. The third kappa shape index (κ3) is 2.84. The van der Waals surface area contributed by atoms with E-state index < -0.39 is 11.9 Å². The zero-order valence-corrected chi connectivity index (χ0v) is 10.7. The smallest absolute Gasteiger partial charge is 0.118 e. The van der Waals surface area contributed by atoms with E-state index in [0.717, 1.165) is 37.0 Å². The molecule has 0 aliphatic heterocycles. The van der Waals surface area contributed by atoms with Crippen molar-refractivity contribution in [1.82, 2.24) is 0 Å². The molecule has 1 aromatic carbocycles. The summed E-state index contributed by atoms with van der Waals surface area (Å²) < 4.78 is 5.09. The molecule has 3 heteroatoms. The van der Waals surface area contributed by atoms with Crippen LogP contribution in [0.1, 0.15) is 43.6 Å². The van der Waals surface area contributed by atoms with E-state index in [1.165, 1.54) is 6.42 Å². The third-order valence-electron chi connectivity index (χ3n) is 3.85. The number of benzene rings is 1. The molecule has 98 valence electrons. The van der Waals surface area contributed by atoms with Crippen LogP contribution in [0.25, 0.3) is 0 Å². The lowest BCUT2D eigenvalue weighted by Crippen LogP contribution is -2.35. The van der Waals surface area contributed by atoms with Gasteiger partial charge in [0.1, 0.15) is 5.75 Å². The fourth-order valence-corrected chi connectivity index (χ4v) is 2.88. The van der Waals surface area contributed by atoms with Crippen LogP contribution in [0, 0.1) is 5.92 Å². The van der Waals surface area contributed by atoms with Crippen LogP contribution in [-0.4, -0.2) is 13.1 Å². The van der Waals surface area contributed by atoms with Gasteiger partial charge in [0, 0.05) is 11.9 Å². The van der Waals surface area contributed by atoms with Crippen LogP contribution in [0.2, 0.25) is 0 Å². The second-order valence-electron chi connectivity index (χ2n) is 4.97. The van der Waals surface area contributed by atoms with Crippen molar-refractivity contribution in [2.45, 2.75) is 38.0 Å². The number of aliphatic carboxylic acids is 1. The van der Waals surface area contributed by atoms with E-state index in [9.17, 15) is 9.90 Å². The van der Waals surface area contributed by atoms with Crippen molar-refractivity contribution in [3.8, 4) is 5.75 Å². The number of carboxylic acids is 1. The number of ether oxygens (including phenoxy) is 1. The topological polar surface area (TPSA) is 49.4 Å². The molecule has 0 saturated heterocycles. The lowest BCUT2D eigenvalue weighted by Gasteiger charge is -2.31. The molecular weight excluding hydrogens is 228 g/mol. The average molecular weight is 247 g/mol. The fraction of sp³-hybridized carbons (Fsp3) is 0.533. The number of hydrogen-bond donors (Lipinski definition) is 0. The van der Waals surface area contributed by atoms with Crippen molar-refractivity contribution >= 4 is 5.97 Å². The van der Waals surface area contributed by atoms with Gasteiger partial charge in [0.15, 0.2) is 0 Å². The summed E-state index contributed by atoms with van der Waals surface area (Å²) in [4.78, 5) is 11.4. The maximum Gasteiger partial charge on any atom is 0.118 e. The highest BCUT2D eigenvalue weighted by atomic mass is 16.5. The summed E-state index contributed by atoms with van der Waals surface area (Å²) in [5.74, 6) is -0.458. The van der Waals surface area contributed by atoms with Crippen LogP contribution in [0.5, 0.6) is 5.75 Å². The molecule has 0 radical (unpaired) electrons. The van der Waals surface area contributed by atoms with Gasteiger partial charge in [-0.1, -0.05) is 31.4 Å². The van der Waals surface area contributed by atoms with Gasteiger partial charge in [0.2, 0.25) is 0 Å². The SMILES string of the molecule is COc1ccc(C(C(=O)[O-])C2CCCCC2)cc1. The third-order valence-corrected chi connectivity index (χ3v) is 3.85. The number of rotatable bonds is 4. The Morgan fingerprint density at radius 3 is 2.33 bits per heavy atom. The number of carboxylic acid groups (broad SMARTS) is 1. The molecule has 1 unspecified atom stereocenters. The Morgan fingerprint density at radius 2 is 1.83 bits per heavy atom. The van der Waals surface area contributed by atoms with Crippen molar-refractivity contribution in [3.63, 3.8) is 0 Å². The monoisotopic (exact) mass is 247 g/mol. The van der Waals surface area contributed by atoms with Crippen molar-refractivity contribution in [3.05, 3.63) is 29.8 Å². The zero-order chi connectivity index (χ0) is 13.0. The lowest BCUT2D eigenvalue weighted by atomic mass is 9.77. The minimum Gasteiger partial charge on any atom is -0.549 e. The van der Waals surface area contributed by atoms with Crippen molar-refractivity contribution < 1.29 is 14.6 Å². The van der Waals surface area contributed by atoms with Crippen molar-refractivity contribution in [2.75, 3.05) is 7.11 Å². The Kier molecular flexibility index (Phi) is 4.24. The molecule has 0 N–H and O–H groups in total. The molecule has 0 bridgehead atoms. The van der Waals surface area contributed by atoms with Crippen LogP contribution in [0.3, 0.4) is 0 Å². The highest BCUT2D eigenvalue weighted by Gasteiger charge is 2.25. The molecule has 18 heavy (non-hydrogen) atoms. The Morgan fingerprint density at radius 1 is 1.22 bits per heavy atom. The molecule has 1 aliphatic carbocycles. The second-order valence-corrected chi connectivity index (χ2v) is 4.97. The fourth-order valence-electron chi connectivity index (χ4n) is 2.88. The largest absolute Gasteiger partial charge is 0.549 e. The maximum atomic E-state index is 11.4. The first-order valence-electron chi connectivity index (χ1n) is 6.57. The molecule has 1 aliphatic rings. The number of carbonyl (C=O) groups excluding carboxylic acids is 1. The summed E-state index contributed by atoms with van der Waals surface area (Å²) in [5, 5.41) is 11.4. The van der Waals surface area contributed by atoms with E-state index in [4.69, 9.17) is 4.74 Å². The summed E-state index contributed by atoms with van der Waals surface area (Å²) in [5.41, 5.74) is 0.836. The maximum absolute atomic E-state index is 11.4. The molecule has 3 nitrogen and oxygen atoms in total. The van der Waals surface area contributed by atoms with Gasteiger partial charge in [0.25, 0.3) is 0 Å². The van der Waals surface area contributed by atoms with Gasteiger partial charge >= 0.3 is 0 Å². The Balaban J connectivity index is 2.20. The molecule has 2 rings (SSSR count). The number of carbonyl (C=O) groups is 1. The molecule has 0 spiro atoms. The van der Waals surface area contributed by atoms with Gasteiger partial charge in [-0.3, -0.25) is 0 Å². The number of methoxy groups -OCH3 is 1. The van der Waals surface area contributed by atoms with Gasteiger partial charge in [0.05, 0.1) is 7.11 Å². The second kappa shape index (κ2) is 5.89. The van der Waals surface area contributed by atoms with Crippen molar-refractivity contribution in [1.29, 1.82) is 0 Å². The van der Waals surface area contributed by atoms with Crippen LogP contribution in [0.15, 0.2) is 24.3 Å². The normalized spacial score (nSPS) is 18.3. The van der Waals surface area contributed by atoms with Gasteiger partial charge in [-0.15, -0.1) is 0 Å². The van der Waals surface area contributed by atoms with Gasteiger partial charge in [-0.05, 0) is 36.5 Å². The zero-order valence-electron chi connectivity index (χ0n) is 10.7. The first kappa shape index (κ1) is 12.9. The summed E-state index contributed by atoms with van der Waals surface area (Å²) in [6.07, 6.45) is 5.46. The molecule has 0 heterocycles. The van der Waals surface area contributed by atoms with Crippen LogP contribution >= 0.6 is 0 Å². The standard InChI is InChI=1S/C15H20O3/c1-18-13-9-7-12(8-10-13)14(15(16)17)11-5-3-2-4-6-11/h7-11,14H,2-6H2,1H3,(H,16,17)/p-1. The molecule has 1 atom stereocenters. The quantitative estimate of drug-likeness (QED) is 0.818. The lowest BCUT2D eigenvalue weighted by molar-refractivity contribution is -0.309. The average Bonchev–Trinajstić information content (AvgIpc) is 2.40. The van der Waals surface area contributed by atoms with Gasteiger partial charge in [-0.2, -0.15) is 0 Å². The molecule has 1 fully saturated rings. The summed E-state index contributed by atoms with van der Waals surface area (Å²) in [6, 6.07) is 7.31. The first-order valence-corrected chi connectivity index (χ1v) is 6.57. The van der Waals surface area contributed by atoms with E-state index in [1.807, 2.05) is 24.3 Å². The molecule has 1 saturated carbocycles. The van der Waals surface area contributed by atoms with Crippen molar-refractivity contribution in [2.24, 2.45) is 5.92 Å². The van der Waals surface area contributed by atoms with E-state index >= 15 is 0 Å². The van der Waals surface area contributed by atoms with E-state index in [-0.39, 0.29) is 5.92 Å². The minimum atomic E-state index is -0.952. The highest BCUT2D eigenvalue weighted by Crippen LogP contribution is 2.36. The van der Waals surface area contributed by atoms with E-state index in [0.29, 0.717) is 0 Å². The Labute approximate surface area is 108 Å². The predicted molar refractivity (Wildman–Crippen MR) is 67.3 cm³/mol. The van der Waals surface area contributed by atoms with E-state index in [2.05, 4.69) is 0 Å². The Hall–Kier alpha value is -1.51. The molecule has 0 amide bonds.